The fraction of sp³-hybridized carbons (Fsp3) is 0.517. The van der Waals surface area contributed by atoms with Gasteiger partial charge in [0.05, 0.1) is 5.54 Å². The third-order valence-electron chi connectivity index (χ3n) is 7.61. The molecule has 3 atom stereocenters. The Morgan fingerprint density at radius 1 is 1.03 bits per heavy atom. The highest BCUT2D eigenvalue weighted by molar-refractivity contribution is 5.91. The molecule has 2 bridgehead atoms. The molecule has 4 rings (SSSR count). The standard InChI is InChI=1S/C29H39N3O2/c1-20-10-7-8-14-25(20)22-18-23-16-17-24(19-22)32(23)27(33)26(31-28(34)29(2,3)30)15-9-13-21-11-5-4-6-12-21/h4-8,10-12,14,22-24,26H,9,13,15-19,30H2,1-3H3,(H,31,34)/t22?,23?,24?,26-/m1/s1. The maximum Gasteiger partial charge on any atom is 0.245 e. The molecule has 2 heterocycles. The molecule has 2 aliphatic rings. The van der Waals surface area contributed by atoms with Crippen molar-refractivity contribution in [2.75, 3.05) is 0 Å². The van der Waals surface area contributed by atoms with E-state index in [9.17, 15) is 9.59 Å². The van der Waals surface area contributed by atoms with Gasteiger partial charge in [0.1, 0.15) is 6.04 Å². The van der Waals surface area contributed by atoms with Crippen LogP contribution in [0.2, 0.25) is 0 Å². The maximum atomic E-state index is 13.8. The summed E-state index contributed by atoms with van der Waals surface area (Å²) in [6.45, 7) is 5.55. The second-order valence-corrected chi connectivity index (χ2v) is 10.8. The summed E-state index contributed by atoms with van der Waals surface area (Å²) in [6.07, 6.45) is 6.43. The van der Waals surface area contributed by atoms with Gasteiger partial charge in [-0.25, -0.2) is 0 Å². The van der Waals surface area contributed by atoms with Gasteiger partial charge in [0, 0.05) is 12.1 Å². The zero-order valence-electron chi connectivity index (χ0n) is 20.8. The number of amides is 2. The van der Waals surface area contributed by atoms with E-state index in [0.29, 0.717) is 12.3 Å². The third-order valence-corrected chi connectivity index (χ3v) is 7.61. The Labute approximate surface area is 204 Å². The molecule has 3 N–H and O–H groups in total. The predicted octanol–water partition coefficient (Wildman–Crippen LogP) is 4.48. The molecule has 0 aliphatic carbocycles. The average Bonchev–Trinajstić information content (AvgIpc) is 3.07. The fourth-order valence-electron chi connectivity index (χ4n) is 5.77. The molecule has 0 aromatic heterocycles. The van der Waals surface area contributed by atoms with E-state index in [2.05, 4.69) is 53.5 Å². The molecular formula is C29H39N3O2. The van der Waals surface area contributed by atoms with E-state index in [1.54, 1.807) is 13.8 Å². The molecule has 2 aromatic carbocycles. The van der Waals surface area contributed by atoms with Crippen molar-refractivity contribution < 1.29 is 9.59 Å². The first kappa shape index (κ1) is 24.5. The Hall–Kier alpha value is -2.66. The molecule has 0 saturated carbocycles. The summed E-state index contributed by atoms with van der Waals surface area (Å²) in [5.41, 5.74) is 9.04. The molecule has 0 spiro atoms. The van der Waals surface area contributed by atoms with Crippen molar-refractivity contribution in [3.8, 4) is 0 Å². The molecule has 2 aliphatic heterocycles. The number of rotatable bonds is 8. The van der Waals surface area contributed by atoms with Gasteiger partial charge in [-0.05, 0) is 88.3 Å². The van der Waals surface area contributed by atoms with Gasteiger partial charge in [-0.1, -0.05) is 54.6 Å². The van der Waals surface area contributed by atoms with Gasteiger partial charge in [0.2, 0.25) is 11.8 Å². The highest BCUT2D eigenvalue weighted by Gasteiger charge is 2.45. The summed E-state index contributed by atoms with van der Waals surface area (Å²) in [5, 5.41) is 3.01. The topological polar surface area (TPSA) is 75.4 Å². The Morgan fingerprint density at radius 2 is 1.65 bits per heavy atom. The number of carbonyl (C=O) groups excluding carboxylic acids is 2. The van der Waals surface area contributed by atoms with Crippen molar-refractivity contribution in [1.29, 1.82) is 0 Å². The van der Waals surface area contributed by atoms with Crippen LogP contribution in [-0.2, 0) is 16.0 Å². The Bertz CT molecular complexity index is 984. The summed E-state index contributed by atoms with van der Waals surface area (Å²) >= 11 is 0. The second kappa shape index (κ2) is 10.3. The fourth-order valence-corrected chi connectivity index (χ4v) is 5.77. The van der Waals surface area contributed by atoms with Crippen molar-refractivity contribution in [3.63, 3.8) is 0 Å². The first-order valence-corrected chi connectivity index (χ1v) is 12.8. The Kier molecular flexibility index (Phi) is 7.42. The minimum atomic E-state index is -1.02. The highest BCUT2D eigenvalue weighted by atomic mass is 16.2. The van der Waals surface area contributed by atoms with Crippen molar-refractivity contribution in [2.45, 2.75) is 95.3 Å². The smallest absolute Gasteiger partial charge is 0.245 e. The van der Waals surface area contributed by atoms with E-state index in [1.807, 2.05) is 18.2 Å². The first-order valence-electron chi connectivity index (χ1n) is 12.8. The van der Waals surface area contributed by atoms with Crippen LogP contribution >= 0.6 is 0 Å². The molecular weight excluding hydrogens is 422 g/mol. The highest BCUT2D eigenvalue weighted by Crippen LogP contribution is 2.44. The zero-order chi connectivity index (χ0) is 24.3. The Balaban J connectivity index is 1.47. The number of nitrogens with one attached hydrogen (secondary N) is 1. The van der Waals surface area contributed by atoms with Gasteiger partial charge in [-0.2, -0.15) is 0 Å². The summed E-state index contributed by atoms with van der Waals surface area (Å²) < 4.78 is 0. The van der Waals surface area contributed by atoms with Gasteiger partial charge in [-0.3, -0.25) is 9.59 Å². The van der Waals surface area contributed by atoms with Crippen molar-refractivity contribution >= 4 is 11.8 Å². The number of hydrogen-bond donors (Lipinski definition) is 2. The van der Waals surface area contributed by atoms with Crippen molar-refractivity contribution in [1.82, 2.24) is 10.2 Å². The van der Waals surface area contributed by atoms with Gasteiger partial charge in [0.25, 0.3) is 0 Å². The monoisotopic (exact) mass is 461 g/mol. The first-order chi connectivity index (χ1) is 16.2. The lowest BCUT2D eigenvalue weighted by Gasteiger charge is -2.41. The van der Waals surface area contributed by atoms with Crippen LogP contribution in [0.25, 0.3) is 0 Å². The van der Waals surface area contributed by atoms with Gasteiger partial charge >= 0.3 is 0 Å². The molecule has 34 heavy (non-hydrogen) atoms. The molecule has 0 radical (unpaired) electrons. The van der Waals surface area contributed by atoms with Crippen LogP contribution in [-0.4, -0.2) is 40.4 Å². The lowest BCUT2D eigenvalue weighted by Crippen LogP contribution is -2.58. The van der Waals surface area contributed by atoms with E-state index in [-0.39, 0.29) is 23.9 Å². The number of nitrogens with zero attached hydrogens (tertiary/aromatic N) is 1. The van der Waals surface area contributed by atoms with Gasteiger partial charge < -0.3 is 16.0 Å². The normalized spacial score (nSPS) is 22.9. The Morgan fingerprint density at radius 3 is 2.26 bits per heavy atom. The summed E-state index contributed by atoms with van der Waals surface area (Å²) in [7, 11) is 0. The molecule has 2 unspecified atom stereocenters. The number of fused-ring (bicyclic) bond motifs is 2. The number of carbonyl (C=O) groups is 2. The minimum Gasteiger partial charge on any atom is -0.343 e. The average molecular weight is 462 g/mol. The number of nitrogens with two attached hydrogens (primary N) is 1. The molecule has 2 saturated heterocycles. The van der Waals surface area contributed by atoms with Gasteiger partial charge in [0.15, 0.2) is 0 Å². The number of aryl methyl sites for hydroxylation is 2. The van der Waals surface area contributed by atoms with Crippen molar-refractivity contribution in [2.24, 2.45) is 5.73 Å². The lowest BCUT2D eigenvalue weighted by molar-refractivity contribution is -0.141. The molecule has 182 valence electrons. The molecule has 2 fully saturated rings. The van der Waals surface area contributed by atoms with E-state index in [0.717, 1.165) is 38.5 Å². The second-order valence-electron chi connectivity index (χ2n) is 10.8. The maximum absolute atomic E-state index is 13.8. The quantitative estimate of drug-likeness (QED) is 0.609. The van der Waals surface area contributed by atoms with E-state index in [1.165, 1.54) is 16.7 Å². The summed E-state index contributed by atoms with van der Waals surface area (Å²) in [6, 6.07) is 18.9. The zero-order valence-corrected chi connectivity index (χ0v) is 20.8. The van der Waals surface area contributed by atoms with E-state index < -0.39 is 11.6 Å². The minimum absolute atomic E-state index is 0.0707. The number of piperidine rings is 1. The van der Waals surface area contributed by atoms with Gasteiger partial charge in [-0.15, -0.1) is 0 Å². The molecule has 2 amide bonds. The largest absolute Gasteiger partial charge is 0.343 e. The summed E-state index contributed by atoms with van der Waals surface area (Å²) in [4.78, 5) is 28.7. The van der Waals surface area contributed by atoms with Crippen LogP contribution < -0.4 is 11.1 Å². The number of hydrogen-bond acceptors (Lipinski definition) is 3. The summed E-state index contributed by atoms with van der Waals surface area (Å²) in [5.74, 6) is 0.297. The molecule has 5 heteroatoms. The molecule has 2 aromatic rings. The van der Waals surface area contributed by atoms with Crippen LogP contribution in [0.15, 0.2) is 54.6 Å². The SMILES string of the molecule is Cc1ccccc1C1CC2CCC(C1)N2C(=O)[C@@H](CCCc1ccccc1)NC(=O)C(C)(C)N. The van der Waals surface area contributed by atoms with Crippen LogP contribution in [0.1, 0.15) is 75.0 Å². The van der Waals surface area contributed by atoms with E-state index >= 15 is 0 Å². The van der Waals surface area contributed by atoms with E-state index in [4.69, 9.17) is 5.73 Å². The van der Waals surface area contributed by atoms with Crippen LogP contribution in [0.4, 0.5) is 0 Å². The van der Waals surface area contributed by atoms with Crippen LogP contribution in [0, 0.1) is 6.92 Å². The molecule has 5 nitrogen and oxygen atoms in total. The number of benzene rings is 2. The van der Waals surface area contributed by atoms with Crippen molar-refractivity contribution in [3.05, 3.63) is 71.3 Å². The predicted molar refractivity (Wildman–Crippen MR) is 136 cm³/mol. The lowest BCUT2D eigenvalue weighted by atomic mass is 9.83. The van der Waals surface area contributed by atoms with Crippen LogP contribution in [0.3, 0.4) is 0 Å². The third kappa shape index (κ3) is 5.52. The van der Waals surface area contributed by atoms with Crippen LogP contribution in [0.5, 0.6) is 0 Å².